The molecule has 160 valence electrons. The molecule has 0 radical (unpaired) electrons. The van der Waals surface area contributed by atoms with Crippen LogP contribution in [0.4, 0.5) is 0 Å². The molecule has 1 N–H and O–H groups in total. The van der Waals surface area contributed by atoms with E-state index in [1.54, 1.807) is 12.1 Å². The Hall–Kier alpha value is -1.05. The summed E-state index contributed by atoms with van der Waals surface area (Å²) in [6.45, 7) is 2.24. The Morgan fingerprint density at radius 1 is 0.867 bits per heavy atom. The van der Waals surface area contributed by atoms with Gasteiger partial charge in [-0.2, -0.15) is 8.42 Å². The first-order chi connectivity index (χ1) is 13.9. The van der Waals surface area contributed by atoms with E-state index in [2.05, 4.69) is 6.92 Å². The van der Waals surface area contributed by atoms with Crippen LogP contribution < -0.4 is 39.4 Å². The molecular weight excluding hydrogens is 411 g/mol. The third kappa shape index (κ3) is 9.84. The zero-order valence-electron chi connectivity index (χ0n) is 18.1. The van der Waals surface area contributed by atoms with E-state index in [1.807, 2.05) is 12.1 Å². The fraction of sp³-hybridized carbons (Fsp3) is 0.478. The normalized spacial score (nSPS) is 11.1. The molecule has 0 aromatic heterocycles. The minimum absolute atomic E-state index is 0. The summed E-state index contributed by atoms with van der Waals surface area (Å²) in [4.78, 5) is -0.367. The van der Waals surface area contributed by atoms with Crippen molar-refractivity contribution in [1.29, 1.82) is 0 Å². The smallest absolute Gasteiger partial charge is 0.870 e. The maximum absolute atomic E-state index is 11.9. The maximum atomic E-state index is 11.9. The van der Waals surface area contributed by atoms with Gasteiger partial charge in [-0.1, -0.05) is 82.2 Å². The van der Waals surface area contributed by atoms with E-state index in [-0.39, 0.29) is 40.2 Å². The van der Waals surface area contributed by atoms with Gasteiger partial charge >= 0.3 is 29.6 Å². The summed E-state index contributed by atoms with van der Waals surface area (Å²) in [5.41, 5.74) is 1.20. The van der Waals surface area contributed by atoms with E-state index >= 15 is 0 Å². The van der Waals surface area contributed by atoms with Crippen molar-refractivity contribution < 1.29 is 52.4 Å². The summed E-state index contributed by atoms with van der Waals surface area (Å²) in [6, 6.07) is 10.6. The van der Waals surface area contributed by atoms with E-state index in [9.17, 15) is 13.5 Å². The van der Waals surface area contributed by atoms with Gasteiger partial charge in [-0.3, -0.25) is 4.55 Å². The molecule has 0 unspecified atom stereocenters. The number of ether oxygens (including phenoxy) is 1. The largest absolute Gasteiger partial charge is 1.00 e. The second kappa shape index (κ2) is 14.1. The summed E-state index contributed by atoms with van der Waals surface area (Å²) >= 11 is 0. The Labute approximate surface area is 202 Å². The monoisotopic (exact) mass is 442 g/mol. The summed E-state index contributed by atoms with van der Waals surface area (Å²) in [5, 5.41) is 11.9. The van der Waals surface area contributed by atoms with Gasteiger partial charge in [0.2, 0.25) is 0 Å². The summed E-state index contributed by atoms with van der Waals surface area (Å²) in [5.74, 6) is -0.131. The molecule has 0 atom stereocenters. The maximum Gasteiger partial charge on any atom is 1.00 e. The molecule has 30 heavy (non-hydrogen) atoms. The van der Waals surface area contributed by atoms with Gasteiger partial charge in [-0.25, -0.2) is 0 Å². The second-order valence-corrected chi connectivity index (χ2v) is 8.83. The Morgan fingerprint density at radius 3 is 2.00 bits per heavy atom. The van der Waals surface area contributed by atoms with Gasteiger partial charge in [-0.05, 0) is 36.6 Å². The van der Waals surface area contributed by atoms with Crippen molar-refractivity contribution in [2.45, 2.75) is 76.0 Å². The topological polar surface area (TPSA) is 86.7 Å². The van der Waals surface area contributed by atoms with Crippen molar-refractivity contribution in [3.8, 4) is 17.2 Å². The van der Waals surface area contributed by atoms with Gasteiger partial charge in [0.1, 0.15) is 11.5 Å². The minimum atomic E-state index is -4.38. The van der Waals surface area contributed by atoms with Gasteiger partial charge in [0.25, 0.3) is 10.1 Å². The van der Waals surface area contributed by atoms with Crippen LogP contribution in [0.1, 0.15) is 70.3 Å². The molecule has 0 aliphatic heterocycles. The van der Waals surface area contributed by atoms with Gasteiger partial charge in [0.05, 0.1) is 4.90 Å². The minimum Gasteiger partial charge on any atom is -0.870 e. The van der Waals surface area contributed by atoms with E-state index in [0.717, 1.165) is 31.0 Å². The summed E-state index contributed by atoms with van der Waals surface area (Å²) in [6.07, 6.45) is 12.7. The molecule has 0 bridgehead atoms. The molecule has 0 amide bonds. The molecule has 2 rings (SSSR count). The molecule has 0 saturated carbocycles. The average molecular weight is 443 g/mol. The van der Waals surface area contributed by atoms with Crippen LogP contribution in [0, 0.1) is 0 Å². The Balaban J connectivity index is 0.00000450. The first kappa shape index (κ1) is 27.0. The predicted octanol–water partition coefficient (Wildman–Crippen LogP) is 2.88. The van der Waals surface area contributed by atoms with Gasteiger partial charge in [0.15, 0.2) is 0 Å². The van der Waals surface area contributed by atoms with Crippen LogP contribution >= 0.6 is 0 Å². The van der Waals surface area contributed by atoms with Crippen LogP contribution in [-0.4, -0.2) is 13.0 Å². The second-order valence-electron chi connectivity index (χ2n) is 7.41. The average Bonchev–Trinajstić information content (AvgIpc) is 2.69. The van der Waals surface area contributed by atoms with E-state index in [1.165, 1.54) is 56.9 Å². The quantitative estimate of drug-likeness (QED) is 0.293. The molecule has 2 aromatic carbocycles. The number of rotatable bonds is 13. The van der Waals surface area contributed by atoms with Crippen molar-refractivity contribution in [1.82, 2.24) is 0 Å². The SMILES string of the molecule is CCCCCCCCCCCc1ccc(Oc2cc(S(=O)(=O)O)ccc2[O-])cc1.[Na+]. The van der Waals surface area contributed by atoms with E-state index in [4.69, 9.17) is 9.29 Å². The van der Waals surface area contributed by atoms with Crippen molar-refractivity contribution in [2.24, 2.45) is 0 Å². The van der Waals surface area contributed by atoms with Gasteiger partial charge in [0, 0.05) is 6.07 Å². The number of hydrogen-bond acceptors (Lipinski definition) is 4. The Bertz CT molecular complexity index is 850. The van der Waals surface area contributed by atoms with Crippen molar-refractivity contribution in [3.63, 3.8) is 0 Å². The van der Waals surface area contributed by atoms with Crippen LogP contribution in [-0.2, 0) is 16.5 Å². The fourth-order valence-corrected chi connectivity index (χ4v) is 3.72. The van der Waals surface area contributed by atoms with Crippen LogP contribution in [0.25, 0.3) is 0 Å². The van der Waals surface area contributed by atoms with Crippen molar-refractivity contribution in [2.75, 3.05) is 0 Å². The zero-order chi connectivity index (χ0) is 21.1. The molecule has 7 heteroatoms. The number of benzene rings is 2. The fourth-order valence-electron chi connectivity index (χ4n) is 3.22. The van der Waals surface area contributed by atoms with E-state index < -0.39 is 15.9 Å². The molecule has 0 heterocycles. The number of hydrogen-bond donors (Lipinski definition) is 1. The van der Waals surface area contributed by atoms with Crippen molar-refractivity contribution in [3.05, 3.63) is 48.0 Å². The summed E-state index contributed by atoms with van der Waals surface area (Å²) < 4.78 is 37.0. The van der Waals surface area contributed by atoms with Gasteiger partial charge in [-0.15, -0.1) is 0 Å². The van der Waals surface area contributed by atoms with Crippen LogP contribution in [0.5, 0.6) is 17.2 Å². The molecule has 0 aliphatic rings. The van der Waals surface area contributed by atoms with Crippen molar-refractivity contribution >= 4 is 10.1 Å². The van der Waals surface area contributed by atoms with Crippen LogP contribution in [0.2, 0.25) is 0 Å². The third-order valence-corrected chi connectivity index (χ3v) is 5.78. The molecule has 2 aromatic rings. The molecule has 0 aliphatic carbocycles. The van der Waals surface area contributed by atoms with Crippen LogP contribution in [0.15, 0.2) is 47.4 Å². The van der Waals surface area contributed by atoms with E-state index in [0.29, 0.717) is 5.75 Å². The number of aryl methyl sites for hydroxylation is 1. The third-order valence-electron chi connectivity index (χ3n) is 4.93. The zero-order valence-corrected chi connectivity index (χ0v) is 20.9. The molecular formula is C23H31NaO5S. The number of unbranched alkanes of at least 4 members (excludes halogenated alkanes) is 8. The Morgan fingerprint density at radius 2 is 1.43 bits per heavy atom. The Kier molecular flexibility index (Phi) is 12.7. The first-order valence-electron chi connectivity index (χ1n) is 10.5. The molecule has 0 saturated heterocycles. The van der Waals surface area contributed by atoms with Gasteiger partial charge < -0.3 is 9.84 Å². The standard InChI is InChI=1S/C23H32O5S.Na/c1-2-3-4-5-6-7-8-9-10-11-19-12-14-20(15-13-19)28-23-18-21(29(25,26)27)16-17-22(23)24;/h12-18,24H,2-11H2,1H3,(H,25,26,27);/q;+1/p-1. The van der Waals surface area contributed by atoms with Crippen LogP contribution in [0.3, 0.4) is 0 Å². The summed E-state index contributed by atoms with van der Waals surface area (Å²) in [7, 11) is -4.38. The molecule has 0 fully saturated rings. The first-order valence-corrected chi connectivity index (χ1v) is 11.9. The molecule has 5 nitrogen and oxygen atoms in total. The molecule has 0 spiro atoms. The predicted molar refractivity (Wildman–Crippen MR) is 113 cm³/mol.